The molecule has 4 aromatic rings. The summed E-state index contributed by atoms with van der Waals surface area (Å²) in [6.07, 6.45) is 5.49. The topological polar surface area (TPSA) is 97.2 Å². The van der Waals surface area contributed by atoms with Crippen molar-refractivity contribution in [1.29, 1.82) is 0 Å². The highest BCUT2D eigenvalue weighted by atomic mass is 32.1. The third-order valence-corrected chi connectivity index (χ3v) is 6.43. The fourth-order valence-electron chi connectivity index (χ4n) is 3.30. The predicted octanol–water partition coefficient (Wildman–Crippen LogP) is 4.33. The summed E-state index contributed by atoms with van der Waals surface area (Å²) in [5, 5.41) is 13.9. The number of nitrogens with one attached hydrogen (secondary N) is 2. The smallest absolute Gasteiger partial charge is 0.319 e. The molecule has 34 heavy (non-hydrogen) atoms. The molecule has 0 atom stereocenters. The molecule has 176 valence electrons. The van der Waals surface area contributed by atoms with E-state index in [1.807, 2.05) is 26.4 Å². The Labute approximate surface area is 199 Å². The molecule has 11 heteroatoms. The first-order chi connectivity index (χ1) is 16.4. The number of amides is 2. The maximum absolute atomic E-state index is 14.7. The summed E-state index contributed by atoms with van der Waals surface area (Å²) >= 11 is 1.46. The molecule has 0 aliphatic heterocycles. The first-order valence-electron chi connectivity index (χ1n) is 10.9. The highest BCUT2D eigenvalue weighted by Crippen LogP contribution is 2.39. The lowest BCUT2D eigenvalue weighted by Gasteiger charge is -2.10. The lowest BCUT2D eigenvalue weighted by molar-refractivity contribution is 0.251. The van der Waals surface area contributed by atoms with Crippen molar-refractivity contribution in [3.8, 4) is 22.1 Å². The zero-order valence-electron chi connectivity index (χ0n) is 18.8. The second kappa shape index (κ2) is 9.35. The summed E-state index contributed by atoms with van der Waals surface area (Å²) in [5.41, 5.74) is 1.84. The van der Waals surface area contributed by atoms with Crippen molar-refractivity contribution in [2.24, 2.45) is 0 Å². The van der Waals surface area contributed by atoms with Crippen molar-refractivity contribution in [3.63, 3.8) is 0 Å². The molecule has 3 aromatic heterocycles. The lowest BCUT2D eigenvalue weighted by atomic mass is 10.3. The van der Waals surface area contributed by atoms with Gasteiger partial charge in [-0.1, -0.05) is 5.21 Å². The number of hydrogen-bond donors (Lipinski definition) is 2. The third kappa shape index (κ3) is 5.15. The Morgan fingerprint density at radius 3 is 2.88 bits per heavy atom. The molecule has 3 heterocycles. The van der Waals surface area contributed by atoms with E-state index in [-0.39, 0.29) is 17.8 Å². The molecule has 1 aromatic carbocycles. The number of carbonyl (C=O) groups excluding carboxylic acids is 1. The van der Waals surface area contributed by atoms with Gasteiger partial charge in [-0.25, -0.2) is 9.18 Å². The average molecular weight is 482 g/mol. The van der Waals surface area contributed by atoms with Crippen LogP contribution in [0.2, 0.25) is 0 Å². The minimum atomic E-state index is -0.574. The first kappa shape index (κ1) is 22.2. The molecule has 9 nitrogen and oxygen atoms in total. The largest absolute Gasteiger partial charge is 0.453 e. The zero-order chi connectivity index (χ0) is 23.7. The van der Waals surface area contributed by atoms with Crippen molar-refractivity contribution in [2.75, 3.05) is 26.0 Å². The van der Waals surface area contributed by atoms with Crippen LogP contribution in [0.3, 0.4) is 0 Å². The van der Waals surface area contributed by atoms with Gasteiger partial charge in [-0.2, -0.15) is 0 Å². The van der Waals surface area contributed by atoms with Crippen LogP contribution < -0.4 is 15.4 Å². The number of halogens is 1. The van der Waals surface area contributed by atoms with Crippen molar-refractivity contribution < 1.29 is 13.9 Å². The molecule has 1 fully saturated rings. The summed E-state index contributed by atoms with van der Waals surface area (Å²) in [5.74, 6) is -0.0210. The van der Waals surface area contributed by atoms with Gasteiger partial charge in [0, 0.05) is 36.6 Å². The van der Waals surface area contributed by atoms with E-state index in [1.165, 1.54) is 23.5 Å². The quantitative estimate of drug-likeness (QED) is 0.389. The molecular formula is C23H24FN7O2S. The van der Waals surface area contributed by atoms with Crippen LogP contribution in [0.25, 0.3) is 20.8 Å². The molecule has 1 saturated carbocycles. The molecule has 2 amide bonds. The second-order valence-corrected chi connectivity index (χ2v) is 9.48. The summed E-state index contributed by atoms with van der Waals surface area (Å²) in [4.78, 5) is 19.3. The standard InChI is InChI=1S/C23H24FN7O2S/c1-30(2)9-10-31-13-18(28-29-31)21-12-17-22(34-21)20(7-8-25-17)33-19-6-5-15(11-16(19)24)27-23(32)26-14-3-4-14/h5-8,11-14H,3-4,9-10H2,1-2H3,(H2,26,27,32). The Bertz CT molecular complexity index is 1330. The number of nitrogens with zero attached hydrogens (tertiary/aromatic N) is 5. The van der Waals surface area contributed by atoms with Crippen LogP contribution in [0.4, 0.5) is 14.9 Å². The lowest BCUT2D eigenvalue weighted by Crippen LogP contribution is -2.30. The van der Waals surface area contributed by atoms with E-state index in [2.05, 4.69) is 30.8 Å². The molecule has 1 aliphatic rings. The number of thiophene rings is 1. The van der Waals surface area contributed by atoms with E-state index in [1.54, 1.807) is 23.0 Å². The molecule has 1 aliphatic carbocycles. The number of hydrogen-bond acceptors (Lipinski definition) is 7. The Morgan fingerprint density at radius 1 is 1.26 bits per heavy atom. The van der Waals surface area contributed by atoms with Crippen LogP contribution >= 0.6 is 11.3 Å². The van der Waals surface area contributed by atoms with Gasteiger partial charge in [0.2, 0.25) is 0 Å². The van der Waals surface area contributed by atoms with E-state index >= 15 is 0 Å². The summed E-state index contributed by atoms with van der Waals surface area (Å²) < 4.78 is 23.2. The molecule has 0 bridgehead atoms. The molecule has 0 spiro atoms. The van der Waals surface area contributed by atoms with Gasteiger partial charge in [0.25, 0.3) is 0 Å². The van der Waals surface area contributed by atoms with Crippen molar-refractivity contribution in [2.45, 2.75) is 25.4 Å². The number of pyridine rings is 1. The van der Waals surface area contributed by atoms with Crippen LogP contribution in [0, 0.1) is 5.82 Å². The summed E-state index contributed by atoms with van der Waals surface area (Å²) in [6.45, 7) is 1.60. The average Bonchev–Trinajstić information content (AvgIpc) is 3.30. The maximum Gasteiger partial charge on any atom is 0.319 e. The number of carbonyl (C=O) groups is 1. The number of fused-ring (bicyclic) bond motifs is 1. The number of urea groups is 1. The van der Waals surface area contributed by atoms with E-state index in [4.69, 9.17) is 4.74 Å². The maximum atomic E-state index is 14.7. The van der Waals surface area contributed by atoms with Crippen molar-refractivity contribution >= 4 is 33.3 Å². The molecule has 0 unspecified atom stereocenters. The summed E-state index contributed by atoms with van der Waals surface area (Å²) in [6, 6.07) is 7.86. The van der Waals surface area contributed by atoms with E-state index in [0.717, 1.165) is 46.7 Å². The van der Waals surface area contributed by atoms with Gasteiger partial charge in [-0.15, -0.1) is 16.4 Å². The Kier molecular flexibility index (Phi) is 6.12. The minimum absolute atomic E-state index is 0.0604. The number of anilines is 1. The highest BCUT2D eigenvalue weighted by molar-refractivity contribution is 7.22. The zero-order valence-corrected chi connectivity index (χ0v) is 19.6. The fourth-order valence-corrected chi connectivity index (χ4v) is 4.32. The monoisotopic (exact) mass is 481 g/mol. The Morgan fingerprint density at radius 2 is 2.12 bits per heavy atom. The van der Waals surface area contributed by atoms with Crippen molar-refractivity contribution in [1.82, 2.24) is 30.2 Å². The molecular weight excluding hydrogens is 457 g/mol. The van der Waals surface area contributed by atoms with Gasteiger partial charge in [0.15, 0.2) is 11.6 Å². The fraction of sp³-hybridized carbons (Fsp3) is 0.304. The first-order valence-corrected chi connectivity index (χ1v) is 11.7. The number of likely N-dealkylation sites (N-methyl/N-ethyl adjacent to an activating group) is 1. The summed E-state index contributed by atoms with van der Waals surface area (Å²) in [7, 11) is 4.02. The van der Waals surface area contributed by atoms with Gasteiger partial charge in [0.05, 0.1) is 27.8 Å². The van der Waals surface area contributed by atoms with Gasteiger partial charge in [0.1, 0.15) is 11.4 Å². The van der Waals surface area contributed by atoms with Crippen LogP contribution in [0.15, 0.2) is 42.7 Å². The number of rotatable bonds is 8. The van der Waals surface area contributed by atoms with Gasteiger partial charge in [-0.3, -0.25) is 9.67 Å². The number of ether oxygens (including phenoxy) is 1. The van der Waals surface area contributed by atoms with Crippen LogP contribution in [0.1, 0.15) is 12.8 Å². The predicted molar refractivity (Wildman–Crippen MR) is 129 cm³/mol. The highest BCUT2D eigenvalue weighted by Gasteiger charge is 2.23. The number of aromatic nitrogens is 4. The van der Waals surface area contributed by atoms with E-state index in [9.17, 15) is 9.18 Å². The Balaban J connectivity index is 1.33. The SMILES string of the molecule is CN(C)CCn1cc(-c2cc3nccc(Oc4ccc(NC(=O)NC5CC5)cc4F)c3s2)nn1. The van der Waals surface area contributed by atoms with Crippen LogP contribution in [-0.2, 0) is 6.54 Å². The van der Waals surface area contributed by atoms with E-state index in [0.29, 0.717) is 11.4 Å². The normalized spacial score (nSPS) is 13.4. The second-order valence-electron chi connectivity index (χ2n) is 8.42. The molecule has 2 N–H and O–H groups in total. The minimum Gasteiger partial charge on any atom is -0.453 e. The van der Waals surface area contributed by atoms with Crippen LogP contribution in [0.5, 0.6) is 11.5 Å². The number of benzene rings is 1. The van der Waals surface area contributed by atoms with Gasteiger partial charge >= 0.3 is 6.03 Å². The van der Waals surface area contributed by atoms with Crippen LogP contribution in [-0.4, -0.2) is 57.6 Å². The van der Waals surface area contributed by atoms with E-state index < -0.39 is 5.82 Å². The molecule has 0 saturated heterocycles. The van der Waals surface area contributed by atoms with Gasteiger partial charge in [-0.05, 0) is 45.1 Å². The third-order valence-electron chi connectivity index (χ3n) is 5.27. The van der Waals surface area contributed by atoms with Gasteiger partial charge < -0.3 is 20.3 Å². The molecule has 0 radical (unpaired) electrons. The molecule has 5 rings (SSSR count). The Hall–Kier alpha value is -3.57. The van der Waals surface area contributed by atoms with Crippen molar-refractivity contribution in [3.05, 3.63) is 48.5 Å².